The van der Waals surface area contributed by atoms with Crippen LogP contribution in [0.4, 0.5) is 10.5 Å². The van der Waals surface area contributed by atoms with E-state index in [9.17, 15) is 19.7 Å². The minimum absolute atomic E-state index is 0.130. The van der Waals surface area contributed by atoms with Gasteiger partial charge in [-0.2, -0.15) is 0 Å². The summed E-state index contributed by atoms with van der Waals surface area (Å²) in [6.45, 7) is 0.0259. The molecule has 2 aromatic rings. The van der Waals surface area contributed by atoms with Crippen LogP contribution < -0.4 is 14.8 Å². The van der Waals surface area contributed by atoms with Gasteiger partial charge in [-0.3, -0.25) is 14.9 Å². The molecule has 1 fully saturated rings. The van der Waals surface area contributed by atoms with E-state index >= 15 is 0 Å². The largest absolute Gasteiger partial charge is 0.493 e. The number of nitrogens with one attached hydrogen (secondary N) is 1. The molecule has 0 radical (unpaired) electrons. The normalized spacial score (nSPS) is 17.1. The van der Waals surface area contributed by atoms with Crippen LogP contribution in [0.5, 0.6) is 11.5 Å². The zero-order valence-corrected chi connectivity index (χ0v) is 19.6. The number of ether oxygens (including phenoxy) is 4. The number of β-lactam (4-membered cyclic amide) rings is 1. The van der Waals surface area contributed by atoms with Crippen LogP contribution in [0.15, 0.2) is 48.5 Å². The predicted octanol–water partition coefficient (Wildman–Crippen LogP) is 2.78. The Morgan fingerprint density at radius 2 is 1.83 bits per heavy atom. The van der Waals surface area contributed by atoms with Crippen LogP contribution in [0.25, 0.3) is 6.08 Å². The van der Waals surface area contributed by atoms with Gasteiger partial charge < -0.3 is 29.2 Å². The maximum absolute atomic E-state index is 12.4. The Morgan fingerprint density at radius 3 is 2.46 bits per heavy atom. The van der Waals surface area contributed by atoms with Crippen molar-refractivity contribution in [2.24, 2.45) is 0 Å². The highest BCUT2D eigenvalue weighted by molar-refractivity contribution is 5.89. The number of methoxy groups -OCH3 is 3. The van der Waals surface area contributed by atoms with Gasteiger partial charge in [0.2, 0.25) is 0 Å². The molecule has 35 heavy (non-hydrogen) atoms. The molecule has 186 valence electrons. The van der Waals surface area contributed by atoms with Crippen LogP contribution in [-0.4, -0.2) is 68.4 Å². The molecule has 1 aliphatic rings. The second-order valence-corrected chi connectivity index (χ2v) is 7.54. The third-order valence-electron chi connectivity index (χ3n) is 5.50. The van der Waals surface area contributed by atoms with Gasteiger partial charge in [0, 0.05) is 20.2 Å². The standard InChI is InChI=1S/C24H27N3O8/c1-32-20-13-17(19(27(30)31)14-21(20)33-2)15-35-24(29)25-11-12-26-18(22(34-3)23(26)28)10-9-16-7-5-4-6-8-16/h4-10,13-14,18,22H,11-12,15H2,1-3H3,(H,25,29)/b10-9+/t18-,22+/m0/s1. The van der Waals surface area contributed by atoms with E-state index in [0.29, 0.717) is 0 Å². The van der Waals surface area contributed by atoms with Crippen molar-refractivity contribution in [2.45, 2.75) is 18.8 Å². The molecule has 0 bridgehead atoms. The number of amides is 2. The third-order valence-corrected chi connectivity index (χ3v) is 5.50. The van der Waals surface area contributed by atoms with Crippen molar-refractivity contribution in [1.29, 1.82) is 0 Å². The lowest BCUT2D eigenvalue weighted by Crippen LogP contribution is -2.65. The Labute approximate surface area is 202 Å². The van der Waals surface area contributed by atoms with Crippen molar-refractivity contribution < 1.29 is 33.5 Å². The van der Waals surface area contributed by atoms with Gasteiger partial charge in [-0.15, -0.1) is 0 Å². The van der Waals surface area contributed by atoms with Crippen molar-refractivity contribution in [1.82, 2.24) is 10.2 Å². The summed E-state index contributed by atoms with van der Waals surface area (Å²) in [7, 11) is 4.24. The number of carbonyl (C=O) groups excluding carboxylic acids is 2. The van der Waals surface area contributed by atoms with E-state index in [-0.39, 0.29) is 54.4 Å². The number of hydrogen-bond acceptors (Lipinski definition) is 8. The van der Waals surface area contributed by atoms with E-state index in [2.05, 4.69) is 5.32 Å². The first-order valence-electron chi connectivity index (χ1n) is 10.8. The van der Waals surface area contributed by atoms with Crippen LogP contribution in [0.1, 0.15) is 11.1 Å². The smallest absolute Gasteiger partial charge is 0.407 e. The van der Waals surface area contributed by atoms with Crippen LogP contribution >= 0.6 is 0 Å². The second-order valence-electron chi connectivity index (χ2n) is 7.54. The molecule has 3 rings (SSSR count). The quantitative estimate of drug-likeness (QED) is 0.292. The highest BCUT2D eigenvalue weighted by Crippen LogP contribution is 2.34. The lowest BCUT2D eigenvalue weighted by Gasteiger charge is -2.44. The fourth-order valence-corrected chi connectivity index (χ4v) is 3.68. The van der Waals surface area contributed by atoms with E-state index in [1.165, 1.54) is 33.5 Å². The maximum Gasteiger partial charge on any atom is 0.407 e. The Kier molecular flexibility index (Phi) is 8.63. The summed E-state index contributed by atoms with van der Waals surface area (Å²) in [5.41, 5.74) is 0.877. The molecule has 0 aromatic heterocycles. The molecule has 2 atom stereocenters. The fourth-order valence-electron chi connectivity index (χ4n) is 3.68. The summed E-state index contributed by atoms with van der Waals surface area (Å²) in [5.74, 6) is 0.291. The molecule has 1 N–H and O–H groups in total. The third kappa shape index (κ3) is 6.07. The monoisotopic (exact) mass is 485 g/mol. The average Bonchev–Trinajstić information content (AvgIpc) is 2.87. The highest BCUT2D eigenvalue weighted by Gasteiger charge is 2.45. The molecule has 11 nitrogen and oxygen atoms in total. The number of carbonyl (C=O) groups is 2. The number of nitrogens with zero attached hydrogens (tertiary/aromatic N) is 2. The van der Waals surface area contributed by atoms with Crippen molar-refractivity contribution in [2.75, 3.05) is 34.4 Å². The number of likely N-dealkylation sites (tertiary alicyclic amines) is 1. The van der Waals surface area contributed by atoms with Crippen molar-refractivity contribution in [3.05, 3.63) is 69.8 Å². The predicted molar refractivity (Wildman–Crippen MR) is 126 cm³/mol. The number of hydrogen-bond donors (Lipinski definition) is 1. The minimum atomic E-state index is -0.776. The Morgan fingerprint density at radius 1 is 1.14 bits per heavy atom. The molecule has 2 amide bonds. The van der Waals surface area contributed by atoms with Gasteiger partial charge in [0.15, 0.2) is 17.6 Å². The molecule has 0 spiro atoms. The lowest BCUT2D eigenvalue weighted by atomic mass is 9.96. The Balaban J connectivity index is 1.54. The number of rotatable bonds is 11. The zero-order valence-electron chi connectivity index (χ0n) is 19.6. The van der Waals surface area contributed by atoms with E-state index in [4.69, 9.17) is 18.9 Å². The number of benzene rings is 2. The summed E-state index contributed by atoms with van der Waals surface area (Å²) in [6.07, 6.45) is 2.45. The molecule has 1 heterocycles. The SMILES string of the molecule is COc1cc(COC(=O)NCCN2C(=O)[C@H](OC)[C@@H]2/C=C/c2ccccc2)c([N+](=O)[O-])cc1OC. The van der Waals surface area contributed by atoms with E-state index in [0.717, 1.165) is 5.56 Å². The summed E-state index contributed by atoms with van der Waals surface area (Å²) in [5, 5.41) is 13.9. The van der Waals surface area contributed by atoms with Gasteiger partial charge in [-0.25, -0.2) is 4.79 Å². The Bertz CT molecular complexity index is 1090. The van der Waals surface area contributed by atoms with E-state index in [1.807, 2.05) is 42.5 Å². The topological polar surface area (TPSA) is 129 Å². The lowest BCUT2D eigenvalue weighted by molar-refractivity contribution is -0.385. The molecule has 0 saturated carbocycles. The molecular formula is C24H27N3O8. The van der Waals surface area contributed by atoms with E-state index < -0.39 is 17.1 Å². The summed E-state index contributed by atoms with van der Waals surface area (Å²) < 4.78 is 20.7. The average molecular weight is 485 g/mol. The van der Waals surface area contributed by atoms with Crippen LogP contribution in [-0.2, 0) is 20.9 Å². The molecule has 0 aliphatic carbocycles. The molecule has 0 unspecified atom stereocenters. The van der Waals surface area contributed by atoms with Gasteiger partial charge in [0.25, 0.3) is 11.6 Å². The van der Waals surface area contributed by atoms with Crippen LogP contribution in [0, 0.1) is 10.1 Å². The van der Waals surface area contributed by atoms with Gasteiger partial charge in [0.1, 0.15) is 6.61 Å². The number of alkyl carbamates (subject to hydrolysis) is 1. The first kappa shape index (κ1) is 25.5. The molecule has 1 aliphatic heterocycles. The number of nitro benzene ring substituents is 1. The zero-order chi connectivity index (χ0) is 25.4. The van der Waals surface area contributed by atoms with Crippen LogP contribution in [0.3, 0.4) is 0 Å². The molecule has 11 heteroatoms. The van der Waals surface area contributed by atoms with Gasteiger partial charge in [-0.05, 0) is 11.6 Å². The summed E-state index contributed by atoms with van der Waals surface area (Å²) in [6, 6.07) is 12.0. The Hall–Kier alpha value is -4.12. The summed E-state index contributed by atoms with van der Waals surface area (Å²) >= 11 is 0. The molecule has 2 aromatic carbocycles. The van der Waals surface area contributed by atoms with Crippen molar-refractivity contribution in [3.8, 4) is 11.5 Å². The van der Waals surface area contributed by atoms with Crippen LogP contribution in [0.2, 0.25) is 0 Å². The first-order valence-corrected chi connectivity index (χ1v) is 10.8. The highest BCUT2D eigenvalue weighted by atomic mass is 16.6. The van der Waals surface area contributed by atoms with E-state index in [1.54, 1.807) is 4.90 Å². The first-order chi connectivity index (χ1) is 16.9. The molecular weight excluding hydrogens is 458 g/mol. The van der Waals surface area contributed by atoms with Gasteiger partial charge in [0.05, 0.1) is 36.8 Å². The van der Waals surface area contributed by atoms with Crippen molar-refractivity contribution >= 4 is 23.8 Å². The summed E-state index contributed by atoms with van der Waals surface area (Å²) in [4.78, 5) is 36.9. The minimum Gasteiger partial charge on any atom is -0.493 e. The van der Waals surface area contributed by atoms with Gasteiger partial charge >= 0.3 is 6.09 Å². The number of nitro groups is 1. The van der Waals surface area contributed by atoms with Gasteiger partial charge in [-0.1, -0.05) is 42.5 Å². The second kappa shape index (κ2) is 11.8. The molecule has 1 saturated heterocycles. The fraction of sp³-hybridized carbons (Fsp3) is 0.333. The maximum atomic E-state index is 12.4. The van der Waals surface area contributed by atoms with Crippen molar-refractivity contribution in [3.63, 3.8) is 0 Å².